The van der Waals surface area contributed by atoms with Crippen molar-refractivity contribution in [1.29, 1.82) is 0 Å². The Kier molecular flexibility index (Phi) is 4.89. The third-order valence-electron chi connectivity index (χ3n) is 4.23. The molecule has 1 heterocycles. The number of aromatic nitrogens is 2. The van der Waals surface area contributed by atoms with E-state index in [0.717, 1.165) is 5.56 Å². The van der Waals surface area contributed by atoms with E-state index in [2.05, 4.69) is 9.97 Å². The van der Waals surface area contributed by atoms with Crippen LogP contribution in [-0.2, 0) is 6.42 Å². The maximum Gasteiger partial charge on any atom is 0.269 e. The fourth-order valence-electron chi connectivity index (χ4n) is 2.84. The van der Waals surface area contributed by atoms with Gasteiger partial charge in [0.05, 0.1) is 17.7 Å². The van der Waals surface area contributed by atoms with Crippen molar-refractivity contribution in [3.63, 3.8) is 0 Å². The summed E-state index contributed by atoms with van der Waals surface area (Å²) in [5.41, 5.74) is 8.84. The number of aromatic hydroxyl groups is 1. The van der Waals surface area contributed by atoms with Crippen LogP contribution in [0, 0.1) is 10.1 Å². The molecular formula is C19H18N4O4. The van der Waals surface area contributed by atoms with Crippen LogP contribution in [0.1, 0.15) is 12.5 Å². The second kappa shape index (κ2) is 7.28. The van der Waals surface area contributed by atoms with E-state index in [9.17, 15) is 15.2 Å². The zero-order valence-electron chi connectivity index (χ0n) is 14.8. The number of benzene rings is 2. The summed E-state index contributed by atoms with van der Waals surface area (Å²) in [6, 6.07) is 9.36. The molecule has 3 aromatic rings. The maximum atomic E-state index is 10.9. The van der Waals surface area contributed by atoms with E-state index in [1.807, 2.05) is 6.92 Å². The van der Waals surface area contributed by atoms with Gasteiger partial charge in [-0.2, -0.15) is 0 Å². The predicted octanol–water partition coefficient (Wildman–Crippen LogP) is 3.58. The number of nitrogen functional groups attached to an aromatic ring is 1. The van der Waals surface area contributed by atoms with Crippen LogP contribution in [0.15, 0.2) is 42.6 Å². The summed E-state index contributed by atoms with van der Waals surface area (Å²) in [5, 5.41) is 21.4. The Morgan fingerprint density at radius 2 is 1.93 bits per heavy atom. The maximum absolute atomic E-state index is 10.9. The summed E-state index contributed by atoms with van der Waals surface area (Å²) in [4.78, 5) is 18.7. The number of aryl methyl sites for hydroxylation is 1. The molecule has 0 aliphatic carbocycles. The zero-order valence-corrected chi connectivity index (χ0v) is 14.8. The molecule has 0 fully saturated rings. The van der Waals surface area contributed by atoms with Crippen LogP contribution in [-0.4, -0.2) is 27.1 Å². The molecule has 0 spiro atoms. The van der Waals surface area contributed by atoms with Crippen LogP contribution in [0.2, 0.25) is 0 Å². The van der Waals surface area contributed by atoms with Crippen molar-refractivity contribution >= 4 is 11.6 Å². The summed E-state index contributed by atoms with van der Waals surface area (Å²) in [7, 11) is 1.54. The van der Waals surface area contributed by atoms with E-state index in [1.165, 1.54) is 24.4 Å². The second-order valence-corrected chi connectivity index (χ2v) is 5.83. The molecule has 1 aromatic heterocycles. The van der Waals surface area contributed by atoms with E-state index in [-0.39, 0.29) is 17.4 Å². The van der Waals surface area contributed by atoms with E-state index in [0.29, 0.717) is 34.6 Å². The molecule has 0 bridgehead atoms. The van der Waals surface area contributed by atoms with E-state index < -0.39 is 4.92 Å². The quantitative estimate of drug-likeness (QED) is 0.522. The van der Waals surface area contributed by atoms with Crippen molar-refractivity contribution < 1.29 is 14.8 Å². The van der Waals surface area contributed by atoms with Gasteiger partial charge < -0.3 is 15.6 Å². The summed E-state index contributed by atoms with van der Waals surface area (Å²) in [6.45, 7) is 1.98. The van der Waals surface area contributed by atoms with E-state index >= 15 is 0 Å². The Labute approximate surface area is 155 Å². The molecule has 0 saturated carbocycles. The zero-order chi connectivity index (χ0) is 19.6. The number of phenolic OH excluding ortho intramolecular Hbond substituents is 1. The fraction of sp³-hybridized carbons (Fsp3) is 0.158. The second-order valence-electron chi connectivity index (χ2n) is 5.83. The van der Waals surface area contributed by atoms with E-state index in [4.69, 9.17) is 10.5 Å². The molecule has 0 atom stereocenters. The van der Waals surface area contributed by atoms with Crippen LogP contribution in [0.25, 0.3) is 22.4 Å². The molecule has 27 heavy (non-hydrogen) atoms. The lowest BCUT2D eigenvalue weighted by atomic mass is 9.97. The number of rotatable bonds is 5. The highest BCUT2D eigenvalue weighted by Crippen LogP contribution is 2.39. The number of nitrogens with zero attached hydrogens (tertiary/aromatic N) is 3. The number of hydrogen-bond donors (Lipinski definition) is 2. The predicted molar refractivity (Wildman–Crippen MR) is 102 cm³/mol. The number of nitro benzene ring substituents is 1. The van der Waals surface area contributed by atoms with Gasteiger partial charge in [0.2, 0.25) is 5.95 Å². The summed E-state index contributed by atoms with van der Waals surface area (Å²) >= 11 is 0. The highest BCUT2D eigenvalue weighted by Gasteiger charge is 2.18. The number of ether oxygens (including phenoxy) is 1. The Morgan fingerprint density at radius 3 is 2.52 bits per heavy atom. The standard InChI is InChI=1S/C19H18N4O4/c1-3-11-8-14(16(24)9-17(11)27-2)18-15(10-21-19(20)22-18)12-4-6-13(7-5-12)23(25)26/h4-10,24H,3H2,1-2H3,(H2,20,21,22). The number of non-ortho nitro benzene ring substituents is 1. The SMILES string of the molecule is CCc1cc(-c2nc(N)ncc2-c2ccc([N+](=O)[O-])cc2)c(O)cc1OC. The van der Waals surface area contributed by atoms with Gasteiger partial charge in [-0.1, -0.05) is 6.92 Å². The number of phenols is 1. The molecule has 2 aromatic carbocycles. The summed E-state index contributed by atoms with van der Waals surface area (Å²) in [5.74, 6) is 0.631. The van der Waals surface area contributed by atoms with Gasteiger partial charge in [-0.05, 0) is 35.7 Å². The van der Waals surface area contributed by atoms with Crippen LogP contribution in [0.5, 0.6) is 11.5 Å². The molecular weight excluding hydrogens is 348 g/mol. The first-order valence-corrected chi connectivity index (χ1v) is 8.22. The Hall–Kier alpha value is -3.68. The minimum atomic E-state index is -0.465. The minimum Gasteiger partial charge on any atom is -0.507 e. The lowest BCUT2D eigenvalue weighted by Crippen LogP contribution is -2.00. The average molecular weight is 366 g/mol. The first-order chi connectivity index (χ1) is 12.9. The third-order valence-corrected chi connectivity index (χ3v) is 4.23. The highest BCUT2D eigenvalue weighted by molar-refractivity contribution is 5.84. The molecule has 0 radical (unpaired) electrons. The molecule has 3 rings (SSSR count). The van der Waals surface area contributed by atoms with Crippen LogP contribution < -0.4 is 10.5 Å². The van der Waals surface area contributed by atoms with E-state index in [1.54, 1.807) is 25.3 Å². The molecule has 0 unspecified atom stereocenters. The van der Waals surface area contributed by atoms with Gasteiger partial charge in [0, 0.05) is 35.5 Å². The number of methoxy groups -OCH3 is 1. The van der Waals surface area contributed by atoms with Crippen molar-refractivity contribution in [1.82, 2.24) is 9.97 Å². The van der Waals surface area contributed by atoms with Gasteiger partial charge >= 0.3 is 0 Å². The van der Waals surface area contributed by atoms with Crippen molar-refractivity contribution in [2.75, 3.05) is 12.8 Å². The van der Waals surface area contributed by atoms with Gasteiger partial charge in [0.1, 0.15) is 11.5 Å². The van der Waals surface area contributed by atoms with Crippen LogP contribution >= 0.6 is 0 Å². The van der Waals surface area contributed by atoms with Crippen molar-refractivity contribution in [3.8, 4) is 33.9 Å². The normalized spacial score (nSPS) is 10.6. The smallest absolute Gasteiger partial charge is 0.269 e. The lowest BCUT2D eigenvalue weighted by Gasteiger charge is -2.14. The van der Waals surface area contributed by atoms with Gasteiger partial charge in [-0.3, -0.25) is 10.1 Å². The first kappa shape index (κ1) is 18.1. The molecule has 0 aliphatic heterocycles. The Bertz CT molecular complexity index is 1000. The molecule has 8 nitrogen and oxygen atoms in total. The molecule has 3 N–H and O–H groups in total. The van der Waals surface area contributed by atoms with Crippen LogP contribution in [0.3, 0.4) is 0 Å². The number of hydrogen-bond acceptors (Lipinski definition) is 7. The topological polar surface area (TPSA) is 124 Å². The van der Waals surface area contributed by atoms with Crippen molar-refractivity contribution in [2.24, 2.45) is 0 Å². The Morgan fingerprint density at radius 1 is 1.22 bits per heavy atom. The molecule has 138 valence electrons. The number of nitrogens with two attached hydrogens (primary N) is 1. The molecule has 0 saturated heterocycles. The number of nitro groups is 1. The summed E-state index contributed by atoms with van der Waals surface area (Å²) < 4.78 is 5.30. The van der Waals surface area contributed by atoms with Gasteiger partial charge in [-0.15, -0.1) is 0 Å². The molecule has 0 amide bonds. The largest absolute Gasteiger partial charge is 0.507 e. The summed E-state index contributed by atoms with van der Waals surface area (Å²) in [6.07, 6.45) is 2.23. The van der Waals surface area contributed by atoms with Crippen LogP contribution in [0.4, 0.5) is 11.6 Å². The highest BCUT2D eigenvalue weighted by atomic mass is 16.6. The van der Waals surface area contributed by atoms with Gasteiger partial charge in [-0.25, -0.2) is 9.97 Å². The van der Waals surface area contributed by atoms with Gasteiger partial charge in [0.15, 0.2) is 0 Å². The Balaban J connectivity index is 2.20. The lowest BCUT2D eigenvalue weighted by molar-refractivity contribution is -0.384. The monoisotopic (exact) mass is 366 g/mol. The van der Waals surface area contributed by atoms with Crippen molar-refractivity contribution in [2.45, 2.75) is 13.3 Å². The average Bonchev–Trinajstić information content (AvgIpc) is 2.67. The fourth-order valence-corrected chi connectivity index (χ4v) is 2.84. The number of anilines is 1. The third kappa shape index (κ3) is 3.50. The first-order valence-electron chi connectivity index (χ1n) is 8.22. The molecule has 0 aliphatic rings. The minimum absolute atomic E-state index is 0.00897. The van der Waals surface area contributed by atoms with Gasteiger partial charge in [0.25, 0.3) is 5.69 Å². The van der Waals surface area contributed by atoms with Crippen molar-refractivity contribution in [3.05, 3.63) is 58.3 Å². The molecule has 8 heteroatoms.